The molecular weight excluding hydrogens is 222 g/mol. The molecule has 0 bridgehead atoms. The third-order valence-corrected chi connectivity index (χ3v) is 3.59. The van der Waals surface area contributed by atoms with Crippen LogP contribution in [0.1, 0.15) is 0 Å². The van der Waals surface area contributed by atoms with Gasteiger partial charge >= 0.3 is 0 Å². The van der Waals surface area contributed by atoms with E-state index in [1.165, 1.54) is 21.5 Å². The Balaban J connectivity index is 2.35. The summed E-state index contributed by atoms with van der Waals surface area (Å²) in [6.07, 6.45) is 0. The van der Waals surface area contributed by atoms with E-state index in [0.29, 0.717) is 0 Å². The number of hydrogen-bond acceptors (Lipinski definition) is 2. The van der Waals surface area contributed by atoms with Gasteiger partial charge in [-0.15, -0.1) is 0 Å². The van der Waals surface area contributed by atoms with Gasteiger partial charge in [0, 0.05) is 0 Å². The predicted octanol–water partition coefficient (Wildman–Crippen LogP) is 4.39. The molecule has 4 aromatic carbocycles. The number of nitrogens with one attached hydrogen (secondary N) is 1. The van der Waals surface area contributed by atoms with Gasteiger partial charge in [-0.25, -0.2) is 0 Å². The first-order valence-electron chi connectivity index (χ1n) is 5.94. The molecule has 86 valence electrons. The van der Waals surface area contributed by atoms with Crippen LogP contribution in [0, 0.1) is 0 Å². The first kappa shape index (κ1) is 9.68. The van der Waals surface area contributed by atoms with Gasteiger partial charge in [0.15, 0.2) is 0 Å². The Morgan fingerprint density at radius 3 is 1.72 bits per heavy atom. The molecule has 0 saturated carbocycles. The fourth-order valence-corrected chi connectivity index (χ4v) is 2.82. The van der Waals surface area contributed by atoms with Gasteiger partial charge in [-0.2, -0.15) is 0 Å². The molecule has 0 aliphatic carbocycles. The molecule has 0 fully saturated rings. The van der Waals surface area contributed by atoms with E-state index in [4.69, 9.17) is 5.21 Å². The highest BCUT2D eigenvalue weighted by Gasteiger charge is 2.08. The summed E-state index contributed by atoms with van der Waals surface area (Å²) >= 11 is 0. The van der Waals surface area contributed by atoms with E-state index in [9.17, 15) is 0 Å². The summed E-state index contributed by atoms with van der Waals surface area (Å²) in [7, 11) is 0. The number of benzene rings is 4. The SMILES string of the molecule is ONc1cc2ccc3cccc4ccc(c1)c2c34. The van der Waals surface area contributed by atoms with Crippen LogP contribution in [0.3, 0.4) is 0 Å². The predicted molar refractivity (Wildman–Crippen MR) is 75.6 cm³/mol. The second-order valence-electron chi connectivity index (χ2n) is 4.62. The summed E-state index contributed by atoms with van der Waals surface area (Å²) in [6, 6.07) is 18.8. The second-order valence-corrected chi connectivity index (χ2v) is 4.62. The highest BCUT2D eigenvalue weighted by molar-refractivity contribution is 6.23. The van der Waals surface area contributed by atoms with Crippen LogP contribution in [0.15, 0.2) is 54.6 Å². The summed E-state index contributed by atoms with van der Waals surface area (Å²) in [5.74, 6) is 0. The molecule has 2 nitrogen and oxygen atoms in total. The Hall–Kier alpha value is -2.32. The Morgan fingerprint density at radius 2 is 1.17 bits per heavy atom. The molecule has 0 unspecified atom stereocenters. The van der Waals surface area contributed by atoms with Crippen molar-refractivity contribution in [2.45, 2.75) is 0 Å². The number of hydrogen-bond donors (Lipinski definition) is 2. The van der Waals surface area contributed by atoms with Crippen LogP contribution in [0.25, 0.3) is 32.3 Å². The van der Waals surface area contributed by atoms with Crippen molar-refractivity contribution in [3.8, 4) is 0 Å². The molecule has 0 radical (unpaired) electrons. The van der Waals surface area contributed by atoms with Gasteiger partial charge in [0.1, 0.15) is 0 Å². The maximum absolute atomic E-state index is 9.07. The van der Waals surface area contributed by atoms with Crippen LogP contribution in [-0.4, -0.2) is 5.21 Å². The maximum Gasteiger partial charge on any atom is 0.0614 e. The van der Waals surface area contributed by atoms with Gasteiger partial charge < -0.3 is 0 Å². The summed E-state index contributed by atoms with van der Waals surface area (Å²) < 4.78 is 0. The summed E-state index contributed by atoms with van der Waals surface area (Å²) in [5.41, 5.74) is 2.95. The Bertz CT molecular complexity index is 803. The van der Waals surface area contributed by atoms with Gasteiger partial charge in [-0.05, 0) is 44.5 Å². The van der Waals surface area contributed by atoms with Crippen molar-refractivity contribution in [3.05, 3.63) is 54.6 Å². The molecule has 0 atom stereocenters. The van der Waals surface area contributed by atoms with E-state index in [2.05, 4.69) is 47.9 Å². The van der Waals surface area contributed by atoms with E-state index in [0.717, 1.165) is 16.5 Å². The number of anilines is 1. The van der Waals surface area contributed by atoms with Crippen molar-refractivity contribution in [2.75, 3.05) is 5.48 Å². The third-order valence-electron chi connectivity index (χ3n) is 3.59. The van der Waals surface area contributed by atoms with E-state index in [1.807, 2.05) is 12.1 Å². The smallest absolute Gasteiger partial charge is 0.0614 e. The molecular formula is C16H11NO. The van der Waals surface area contributed by atoms with Crippen molar-refractivity contribution >= 4 is 38.0 Å². The molecule has 0 spiro atoms. The normalized spacial score (nSPS) is 11.6. The van der Waals surface area contributed by atoms with Gasteiger partial charge in [-0.3, -0.25) is 10.7 Å². The lowest BCUT2D eigenvalue weighted by Gasteiger charge is -2.11. The molecule has 0 saturated heterocycles. The Labute approximate surface area is 104 Å². The maximum atomic E-state index is 9.07. The van der Waals surface area contributed by atoms with Gasteiger partial charge in [-0.1, -0.05) is 42.5 Å². The van der Waals surface area contributed by atoms with Crippen LogP contribution in [0.4, 0.5) is 5.69 Å². The van der Waals surface area contributed by atoms with Crippen LogP contribution >= 0.6 is 0 Å². The van der Waals surface area contributed by atoms with E-state index in [-0.39, 0.29) is 0 Å². The minimum absolute atomic E-state index is 0.723. The van der Waals surface area contributed by atoms with Crippen molar-refractivity contribution in [3.63, 3.8) is 0 Å². The first-order valence-corrected chi connectivity index (χ1v) is 5.94. The van der Waals surface area contributed by atoms with E-state index >= 15 is 0 Å². The average molecular weight is 233 g/mol. The van der Waals surface area contributed by atoms with Gasteiger partial charge in [0.25, 0.3) is 0 Å². The Morgan fingerprint density at radius 1 is 0.667 bits per heavy atom. The highest BCUT2D eigenvalue weighted by atomic mass is 16.5. The third kappa shape index (κ3) is 1.15. The molecule has 4 rings (SSSR count). The molecule has 0 aliphatic rings. The fourth-order valence-electron chi connectivity index (χ4n) is 2.82. The summed E-state index contributed by atoms with van der Waals surface area (Å²) in [6.45, 7) is 0. The van der Waals surface area contributed by atoms with E-state index < -0.39 is 0 Å². The van der Waals surface area contributed by atoms with Crippen molar-refractivity contribution in [1.29, 1.82) is 0 Å². The minimum Gasteiger partial charge on any atom is -0.291 e. The molecule has 0 heterocycles. The van der Waals surface area contributed by atoms with Crippen LogP contribution in [0.5, 0.6) is 0 Å². The molecule has 2 N–H and O–H groups in total. The first-order chi connectivity index (χ1) is 8.86. The summed E-state index contributed by atoms with van der Waals surface area (Å²) in [5, 5.41) is 16.5. The zero-order valence-corrected chi connectivity index (χ0v) is 9.64. The minimum atomic E-state index is 0.723. The Kier molecular flexibility index (Phi) is 1.80. The molecule has 2 heteroatoms. The van der Waals surface area contributed by atoms with Crippen LogP contribution in [0.2, 0.25) is 0 Å². The van der Waals surface area contributed by atoms with E-state index in [1.54, 1.807) is 0 Å². The molecule has 4 aromatic rings. The molecule has 18 heavy (non-hydrogen) atoms. The lowest BCUT2D eigenvalue weighted by atomic mass is 9.94. The van der Waals surface area contributed by atoms with Crippen molar-refractivity contribution in [2.24, 2.45) is 0 Å². The van der Waals surface area contributed by atoms with Gasteiger partial charge in [0.05, 0.1) is 5.69 Å². The van der Waals surface area contributed by atoms with Crippen molar-refractivity contribution < 1.29 is 5.21 Å². The van der Waals surface area contributed by atoms with Crippen LogP contribution in [-0.2, 0) is 0 Å². The molecule has 0 aromatic heterocycles. The standard InChI is InChI=1S/C16H11NO/c18-17-14-8-12-6-4-10-2-1-3-11-5-7-13(9-14)16(12)15(10)11/h1-9,17-18H. The number of rotatable bonds is 1. The van der Waals surface area contributed by atoms with Crippen LogP contribution < -0.4 is 5.48 Å². The lowest BCUT2D eigenvalue weighted by Crippen LogP contribution is -1.90. The topological polar surface area (TPSA) is 32.3 Å². The zero-order valence-electron chi connectivity index (χ0n) is 9.64. The molecule has 0 amide bonds. The lowest BCUT2D eigenvalue weighted by molar-refractivity contribution is 0.389. The van der Waals surface area contributed by atoms with Crippen molar-refractivity contribution in [1.82, 2.24) is 0 Å². The monoisotopic (exact) mass is 233 g/mol. The zero-order chi connectivity index (χ0) is 12.1. The second kappa shape index (κ2) is 3.34. The van der Waals surface area contributed by atoms with Gasteiger partial charge in [0.2, 0.25) is 0 Å². The highest BCUT2D eigenvalue weighted by Crippen LogP contribution is 2.35. The average Bonchev–Trinajstić information content (AvgIpc) is 2.44. The fraction of sp³-hybridized carbons (Fsp3) is 0. The molecule has 0 aliphatic heterocycles. The largest absolute Gasteiger partial charge is 0.291 e. The summed E-state index contributed by atoms with van der Waals surface area (Å²) in [4.78, 5) is 0. The quantitative estimate of drug-likeness (QED) is 0.377.